The third kappa shape index (κ3) is 3.56. The van der Waals surface area contributed by atoms with Gasteiger partial charge < -0.3 is 5.73 Å². The van der Waals surface area contributed by atoms with Gasteiger partial charge in [0.05, 0.1) is 4.90 Å². The summed E-state index contributed by atoms with van der Waals surface area (Å²) in [7, 11) is -3.83. The van der Waals surface area contributed by atoms with Crippen LogP contribution >= 0.6 is 0 Å². The summed E-state index contributed by atoms with van der Waals surface area (Å²) in [6.07, 6.45) is 0. The van der Waals surface area contributed by atoms with Crippen molar-refractivity contribution in [3.05, 3.63) is 59.2 Å². The van der Waals surface area contributed by atoms with Gasteiger partial charge in [0.1, 0.15) is 11.6 Å². The van der Waals surface area contributed by atoms with Gasteiger partial charge in [0.2, 0.25) is 10.0 Å². The van der Waals surface area contributed by atoms with Crippen molar-refractivity contribution in [1.82, 2.24) is 4.72 Å². The zero-order valence-corrected chi connectivity index (χ0v) is 12.0. The number of halogens is 2. The van der Waals surface area contributed by atoms with Gasteiger partial charge in [0, 0.05) is 17.8 Å². The predicted molar refractivity (Wildman–Crippen MR) is 76.0 cm³/mol. The van der Waals surface area contributed by atoms with E-state index in [1.54, 1.807) is 6.92 Å². The zero-order valence-electron chi connectivity index (χ0n) is 11.2. The van der Waals surface area contributed by atoms with Gasteiger partial charge in [-0.25, -0.2) is 21.9 Å². The van der Waals surface area contributed by atoms with E-state index in [9.17, 15) is 17.2 Å². The van der Waals surface area contributed by atoms with Gasteiger partial charge in [-0.3, -0.25) is 0 Å². The molecule has 0 aromatic heterocycles. The molecule has 2 aromatic carbocycles. The molecule has 0 saturated carbocycles. The average Bonchev–Trinajstić information content (AvgIpc) is 2.39. The zero-order chi connectivity index (χ0) is 15.6. The van der Waals surface area contributed by atoms with E-state index in [1.807, 2.05) is 0 Å². The molecule has 2 aromatic rings. The number of nitrogens with two attached hydrogens (primary N) is 1. The highest BCUT2D eigenvalue weighted by Gasteiger charge is 2.17. The Labute approximate surface area is 121 Å². The van der Waals surface area contributed by atoms with Crippen molar-refractivity contribution in [2.24, 2.45) is 0 Å². The first-order valence-electron chi connectivity index (χ1n) is 6.09. The molecule has 7 heteroatoms. The Bertz CT molecular complexity index is 777. The van der Waals surface area contributed by atoms with Gasteiger partial charge in [0.15, 0.2) is 0 Å². The summed E-state index contributed by atoms with van der Waals surface area (Å²) >= 11 is 0. The lowest BCUT2D eigenvalue weighted by Gasteiger charge is -2.10. The minimum Gasteiger partial charge on any atom is -0.399 e. The molecule has 21 heavy (non-hydrogen) atoms. The van der Waals surface area contributed by atoms with E-state index >= 15 is 0 Å². The number of hydrogen-bond acceptors (Lipinski definition) is 3. The topological polar surface area (TPSA) is 72.2 Å². The molecule has 0 aliphatic carbocycles. The Morgan fingerprint density at radius 3 is 2.52 bits per heavy atom. The maximum atomic E-state index is 13.5. The number of sulfonamides is 1. The Morgan fingerprint density at radius 2 is 1.86 bits per heavy atom. The van der Waals surface area contributed by atoms with Crippen molar-refractivity contribution in [2.45, 2.75) is 18.4 Å². The quantitative estimate of drug-likeness (QED) is 0.851. The van der Waals surface area contributed by atoms with E-state index < -0.39 is 21.7 Å². The monoisotopic (exact) mass is 312 g/mol. The molecule has 0 fully saturated rings. The Kier molecular flexibility index (Phi) is 4.24. The highest BCUT2D eigenvalue weighted by Crippen LogP contribution is 2.18. The van der Waals surface area contributed by atoms with Gasteiger partial charge >= 0.3 is 0 Å². The minimum absolute atomic E-state index is 0.0495. The molecule has 0 unspecified atom stereocenters. The molecule has 4 nitrogen and oxygen atoms in total. The van der Waals surface area contributed by atoms with E-state index in [0.29, 0.717) is 11.3 Å². The van der Waals surface area contributed by atoms with Crippen molar-refractivity contribution in [1.29, 1.82) is 0 Å². The molecule has 0 aliphatic heterocycles. The van der Waals surface area contributed by atoms with E-state index in [-0.39, 0.29) is 17.0 Å². The standard InChI is InChI=1S/C14H14F2N2O2S/c1-9-6-12(17)3-5-14(9)21(19,20)18-8-10-7-11(15)2-4-13(10)16/h2-7,18H,8,17H2,1H3. The highest BCUT2D eigenvalue weighted by atomic mass is 32.2. The van der Waals surface area contributed by atoms with Crippen molar-refractivity contribution < 1.29 is 17.2 Å². The maximum absolute atomic E-state index is 13.5. The molecule has 0 saturated heterocycles. The summed E-state index contributed by atoms with van der Waals surface area (Å²) in [5, 5.41) is 0. The number of benzene rings is 2. The van der Waals surface area contributed by atoms with Crippen LogP contribution in [-0.2, 0) is 16.6 Å². The highest BCUT2D eigenvalue weighted by molar-refractivity contribution is 7.89. The van der Waals surface area contributed by atoms with Crippen LogP contribution in [0, 0.1) is 18.6 Å². The summed E-state index contributed by atoms with van der Waals surface area (Å²) < 4.78 is 53.1. The van der Waals surface area contributed by atoms with E-state index in [0.717, 1.165) is 18.2 Å². The Morgan fingerprint density at radius 1 is 1.14 bits per heavy atom. The molecular formula is C14H14F2N2O2S. The van der Waals surface area contributed by atoms with Crippen molar-refractivity contribution >= 4 is 15.7 Å². The molecule has 3 N–H and O–H groups in total. The van der Waals surface area contributed by atoms with Crippen LogP contribution in [0.4, 0.5) is 14.5 Å². The molecule has 0 amide bonds. The predicted octanol–water partition coefficient (Wildman–Crippen LogP) is 2.33. The smallest absolute Gasteiger partial charge is 0.241 e. The van der Waals surface area contributed by atoms with Crippen LogP contribution < -0.4 is 10.5 Å². The first-order chi connectivity index (χ1) is 9.79. The van der Waals surface area contributed by atoms with Gasteiger partial charge in [-0.2, -0.15) is 0 Å². The number of nitrogens with one attached hydrogen (secondary N) is 1. The summed E-state index contributed by atoms with van der Waals surface area (Å²) in [6, 6.07) is 7.23. The third-order valence-electron chi connectivity index (χ3n) is 2.95. The molecule has 0 aliphatic rings. The van der Waals surface area contributed by atoms with Crippen LogP contribution in [0.25, 0.3) is 0 Å². The Hall–Kier alpha value is -1.99. The fourth-order valence-corrected chi connectivity index (χ4v) is 3.13. The second-order valence-electron chi connectivity index (χ2n) is 4.59. The van der Waals surface area contributed by atoms with Crippen LogP contribution in [0.3, 0.4) is 0 Å². The fourth-order valence-electron chi connectivity index (χ4n) is 1.90. The molecular weight excluding hydrogens is 298 g/mol. The summed E-state index contributed by atoms with van der Waals surface area (Å²) in [5.41, 5.74) is 6.42. The lowest BCUT2D eigenvalue weighted by molar-refractivity contribution is 0.566. The first-order valence-corrected chi connectivity index (χ1v) is 7.57. The lowest BCUT2D eigenvalue weighted by atomic mass is 10.2. The first kappa shape index (κ1) is 15.4. The normalized spacial score (nSPS) is 11.6. The SMILES string of the molecule is Cc1cc(N)ccc1S(=O)(=O)NCc1cc(F)ccc1F. The third-order valence-corrected chi connectivity index (χ3v) is 4.51. The van der Waals surface area contributed by atoms with Crippen LogP contribution in [-0.4, -0.2) is 8.42 Å². The van der Waals surface area contributed by atoms with Gasteiger partial charge in [-0.05, 0) is 48.9 Å². The molecule has 0 radical (unpaired) electrons. The van der Waals surface area contributed by atoms with E-state index in [1.165, 1.54) is 18.2 Å². The molecule has 0 spiro atoms. The molecule has 0 atom stereocenters. The van der Waals surface area contributed by atoms with Crippen LogP contribution in [0.5, 0.6) is 0 Å². The maximum Gasteiger partial charge on any atom is 0.241 e. The van der Waals surface area contributed by atoms with Gasteiger partial charge in [-0.15, -0.1) is 0 Å². The number of aryl methyl sites for hydroxylation is 1. The molecule has 112 valence electrons. The number of rotatable bonds is 4. The average molecular weight is 312 g/mol. The van der Waals surface area contributed by atoms with E-state index in [4.69, 9.17) is 5.73 Å². The largest absolute Gasteiger partial charge is 0.399 e. The second kappa shape index (κ2) is 5.79. The summed E-state index contributed by atoms with van der Waals surface area (Å²) in [6.45, 7) is 1.27. The molecule has 0 heterocycles. The van der Waals surface area contributed by atoms with Crippen LogP contribution in [0.1, 0.15) is 11.1 Å². The van der Waals surface area contributed by atoms with Crippen LogP contribution in [0.15, 0.2) is 41.3 Å². The van der Waals surface area contributed by atoms with Gasteiger partial charge in [0.25, 0.3) is 0 Å². The lowest BCUT2D eigenvalue weighted by Crippen LogP contribution is -2.24. The second-order valence-corrected chi connectivity index (χ2v) is 6.32. The van der Waals surface area contributed by atoms with Crippen LogP contribution in [0.2, 0.25) is 0 Å². The molecule has 0 bridgehead atoms. The number of hydrogen-bond donors (Lipinski definition) is 2. The molecule has 2 rings (SSSR count). The van der Waals surface area contributed by atoms with Gasteiger partial charge in [-0.1, -0.05) is 0 Å². The number of anilines is 1. The Balaban J connectivity index is 2.24. The summed E-state index contributed by atoms with van der Waals surface area (Å²) in [5.74, 6) is -1.30. The number of nitrogen functional groups attached to an aromatic ring is 1. The van der Waals surface area contributed by atoms with Crippen molar-refractivity contribution in [3.63, 3.8) is 0 Å². The summed E-state index contributed by atoms with van der Waals surface area (Å²) in [4.78, 5) is 0.0495. The van der Waals surface area contributed by atoms with Crippen molar-refractivity contribution in [3.8, 4) is 0 Å². The van der Waals surface area contributed by atoms with E-state index in [2.05, 4.69) is 4.72 Å². The van der Waals surface area contributed by atoms with Crippen molar-refractivity contribution in [2.75, 3.05) is 5.73 Å². The minimum atomic E-state index is -3.83. The fraction of sp³-hybridized carbons (Fsp3) is 0.143.